The molecule has 0 amide bonds. The van der Waals surface area contributed by atoms with Crippen molar-refractivity contribution in [2.45, 2.75) is 19.3 Å². The lowest BCUT2D eigenvalue weighted by Gasteiger charge is -2.18. The zero-order valence-corrected chi connectivity index (χ0v) is 15.6. The number of hydrogen-bond donors (Lipinski definition) is 1. The fraction of sp³-hybridized carbons (Fsp3) is 0.167. The van der Waals surface area contributed by atoms with Gasteiger partial charge in [-0.15, -0.1) is 0 Å². The molecule has 0 heterocycles. The van der Waals surface area contributed by atoms with Crippen LogP contribution in [-0.2, 0) is 0 Å². The summed E-state index contributed by atoms with van der Waals surface area (Å²) in [7, 11) is 0. The molecule has 0 saturated heterocycles. The van der Waals surface area contributed by atoms with E-state index in [0.29, 0.717) is 31.5 Å². The zero-order chi connectivity index (χ0) is 17.1. The number of rotatable bonds is 3. The minimum atomic E-state index is 0.539. The first-order valence-electron chi connectivity index (χ1n) is 7.48. The number of para-hydroxylation sites is 2. The van der Waals surface area contributed by atoms with Gasteiger partial charge in [0.2, 0.25) is 0 Å². The second-order valence-electron chi connectivity index (χ2n) is 5.42. The molecular weight excluding hydrogens is 386 g/mol. The molecule has 1 aliphatic carbocycles. The predicted octanol–water partition coefficient (Wildman–Crippen LogP) is 7.55. The predicted molar refractivity (Wildman–Crippen MR) is 106 cm³/mol. The Kier molecular flexibility index (Phi) is 5.72. The molecule has 0 bridgehead atoms. The van der Waals surface area contributed by atoms with Gasteiger partial charge in [-0.2, -0.15) is 0 Å². The van der Waals surface area contributed by atoms with Crippen LogP contribution in [0.4, 0.5) is 11.4 Å². The summed E-state index contributed by atoms with van der Waals surface area (Å²) >= 11 is 24.8. The molecule has 0 spiro atoms. The van der Waals surface area contributed by atoms with Gasteiger partial charge < -0.3 is 5.32 Å². The molecule has 2 nitrogen and oxygen atoms in total. The second-order valence-corrected chi connectivity index (χ2v) is 7.05. The minimum Gasteiger partial charge on any atom is -0.356 e. The van der Waals surface area contributed by atoms with E-state index in [9.17, 15) is 0 Å². The summed E-state index contributed by atoms with van der Waals surface area (Å²) in [5, 5.41) is 5.56. The van der Waals surface area contributed by atoms with Gasteiger partial charge in [0.1, 0.15) is 5.69 Å². The van der Waals surface area contributed by atoms with Gasteiger partial charge in [0, 0.05) is 11.4 Å². The number of anilines is 1. The monoisotopic (exact) mass is 398 g/mol. The summed E-state index contributed by atoms with van der Waals surface area (Å²) in [6.45, 7) is 0. The van der Waals surface area contributed by atoms with Gasteiger partial charge in [-0.25, -0.2) is 0 Å². The minimum absolute atomic E-state index is 0.539. The maximum absolute atomic E-state index is 6.22. The standard InChI is InChI=1S/C18H14Cl4N2/c19-13-6-2-7-14(20)17(13)23-11-4-1-5-12(10-11)24-18-15(21)8-3-9-16(18)22/h2-3,6-10,23H,1,4-5H2/b24-12+. The van der Waals surface area contributed by atoms with Crippen molar-refractivity contribution in [1.82, 2.24) is 0 Å². The first kappa shape index (κ1) is 17.6. The number of allylic oxidation sites excluding steroid dienone is 2. The highest BCUT2D eigenvalue weighted by Gasteiger charge is 2.13. The molecule has 1 aliphatic rings. The van der Waals surface area contributed by atoms with Crippen molar-refractivity contribution in [1.29, 1.82) is 0 Å². The zero-order valence-electron chi connectivity index (χ0n) is 12.6. The molecule has 1 N–H and O–H groups in total. The fourth-order valence-corrected chi connectivity index (χ4v) is 3.48. The van der Waals surface area contributed by atoms with Gasteiger partial charge in [-0.1, -0.05) is 58.5 Å². The van der Waals surface area contributed by atoms with Gasteiger partial charge >= 0.3 is 0 Å². The Bertz CT molecular complexity index is 787. The highest BCUT2D eigenvalue weighted by Crippen LogP contribution is 2.35. The summed E-state index contributed by atoms with van der Waals surface area (Å²) in [6, 6.07) is 10.8. The van der Waals surface area contributed by atoms with E-state index in [4.69, 9.17) is 46.4 Å². The average Bonchev–Trinajstić information content (AvgIpc) is 2.55. The van der Waals surface area contributed by atoms with Gasteiger partial charge in [-0.3, -0.25) is 4.99 Å². The number of halogens is 4. The molecule has 3 rings (SSSR count). The summed E-state index contributed by atoms with van der Waals surface area (Å²) in [4.78, 5) is 4.62. The number of hydrogen-bond acceptors (Lipinski definition) is 2. The molecule has 6 heteroatoms. The van der Waals surface area contributed by atoms with Crippen LogP contribution in [0.5, 0.6) is 0 Å². The van der Waals surface area contributed by atoms with E-state index in [1.54, 1.807) is 30.3 Å². The Labute approximate surface area is 161 Å². The third-order valence-electron chi connectivity index (χ3n) is 3.66. The van der Waals surface area contributed by atoms with Crippen LogP contribution in [0.3, 0.4) is 0 Å². The fourth-order valence-electron chi connectivity index (χ4n) is 2.51. The van der Waals surface area contributed by atoms with Crippen LogP contribution in [0.15, 0.2) is 53.2 Å². The van der Waals surface area contributed by atoms with Gasteiger partial charge in [0.05, 0.1) is 25.8 Å². The number of benzene rings is 2. The van der Waals surface area contributed by atoms with Crippen LogP contribution in [-0.4, -0.2) is 5.71 Å². The van der Waals surface area contributed by atoms with Crippen LogP contribution in [0.2, 0.25) is 20.1 Å². The highest BCUT2D eigenvalue weighted by molar-refractivity contribution is 6.39. The van der Waals surface area contributed by atoms with Crippen LogP contribution >= 0.6 is 46.4 Å². The van der Waals surface area contributed by atoms with E-state index >= 15 is 0 Å². The van der Waals surface area contributed by atoms with Crippen molar-refractivity contribution in [3.63, 3.8) is 0 Å². The third-order valence-corrected chi connectivity index (χ3v) is 4.90. The van der Waals surface area contributed by atoms with Crippen molar-refractivity contribution in [2.24, 2.45) is 4.99 Å². The van der Waals surface area contributed by atoms with Gasteiger partial charge in [-0.05, 0) is 49.6 Å². The Hall–Kier alpha value is -1.19. The van der Waals surface area contributed by atoms with E-state index in [-0.39, 0.29) is 0 Å². The summed E-state index contributed by atoms with van der Waals surface area (Å²) in [6.07, 6.45) is 4.74. The number of nitrogens with zero attached hydrogens (tertiary/aromatic N) is 1. The molecule has 0 radical (unpaired) electrons. The topological polar surface area (TPSA) is 24.4 Å². The van der Waals surface area contributed by atoms with Gasteiger partial charge in [0.25, 0.3) is 0 Å². The molecule has 0 atom stereocenters. The van der Waals surface area contributed by atoms with Crippen LogP contribution < -0.4 is 5.32 Å². The first-order valence-corrected chi connectivity index (χ1v) is 8.99. The average molecular weight is 400 g/mol. The maximum atomic E-state index is 6.22. The molecule has 2 aromatic rings. The van der Waals surface area contributed by atoms with Crippen molar-refractivity contribution >= 4 is 63.5 Å². The van der Waals surface area contributed by atoms with Crippen LogP contribution in [0.1, 0.15) is 19.3 Å². The molecule has 0 unspecified atom stereocenters. The summed E-state index contributed by atoms with van der Waals surface area (Å²) < 4.78 is 0. The van der Waals surface area contributed by atoms with E-state index in [0.717, 1.165) is 30.7 Å². The number of aliphatic imine (C=N–C) groups is 1. The SMILES string of the molecule is Clc1cccc(Cl)c1/N=C1/C=C(Nc2c(Cl)cccc2Cl)CCC1. The smallest absolute Gasteiger partial charge is 0.100 e. The van der Waals surface area contributed by atoms with E-state index < -0.39 is 0 Å². The van der Waals surface area contributed by atoms with E-state index in [1.165, 1.54) is 0 Å². The summed E-state index contributed by atoms with van der Waals surface area (Å²) in [5.41, 5.74) is 3.24. The normalized spacial score (nSPS) is 16.2. The molecule has 124 valence electrons. The molecule has 24 heavy (non-hydrogen) atoms. The van der Waals surface area contributed by atoms with Crippen molar-refractivity contribution in [3.8, 4) is 0 Å². The van der Waals surface area contributed by atoms with Gasteiger partial charge in [0.15, 0.2) is 0 Å². The van der Waals surface area contributed by atoms with Crippen LogP contribution in [0.25, 0.3) is 0 Å². The third kappa shape index (κ3) is 4.07. The lowest BCUT2D eigenvalue weighted by Crippen LogP contribution is -2.10. The first-order chi connectivity index (χ1) is 11.5. The molecule has 0 fully saturated rings. The quantitative estimate of drug-likeness (QED) is 0.565. The summed E-state index contributed by atoms with van der Waals surface area (Å²) in [5.74, 6) is 0. The molecule has 0 aromatic heterocycles. The van der Waals surface area contributed by atoms with E-state index in [2.05, 4.69) is 10.3 Å². The Balaban J connectivity index is 1.90. The second kappa shape index (κ2) is 7.79. The van der Waals surface area contributed by atoms with Crippen molar-refractivity contribution in [2.75, 3.05) is 5.32 Å². The lowest BCUT2D eigenvalue weighted by atomic mass is 10.0. The van der Waals surface area contributed by atoms with Crippen LogP contribution in [0, 0.1) is 0 Å². The Morgan fingerprint density at radius 3 is 2.00 bits per heavy atom. The Morgan fingerprint density at radius 1 is 0.792 bits per heavy atom. The Morgan fingerprint density at radius 2 is 1.38 bits per heavy atom. The highest BCUT2D eigenvalue weighted by atomic mass is 35.5. The van der Waals surface area contributed by atoms with Crippen molar-refractivity contribution < 1.29 is 0 Å². The molecule has 2 aromatic carbocycles. The molecular formula is C18H14Cl4N2. The largest absolute Gasteiger partial charge is 0.356 e. The van der Waals surface area contributed by atoms with Crippen molar-refractivity contribution in [3.05, 3.63) is 68.3 Å². The molecule has 0 saturated carbocycles. The number of nitrogens with one attached hydrogen (secondary N) is 1. The molecule has 0 aliphatic heterocycles. The maximum Gasteiger partial charge on any atom is 0.100 e. The van der Waals surface area contributed by atoms with E-state index in [1.807, 2.05) is 12.1 Å². The lowest BCUT2D eigenvalue weighted by molar-refractivity contribution is 0.839.